The Labute approximate surface area is 62.5 Å². The summed E-state index contributed by atoms with van der Waals surface area (Å²) < 4.78 is 1.63. The second-order valence-corrected chi connectivity index (χ2v) is 2.11. The van der Waals surface area contributed by atoms with Crippen LogP contribution in [0.15, 0.2) is 24.8 Å². The molecule has 2 aromatic rings. The zero-order valence-electron chi connectivity index (χ0n) is 5.64. The van der Waals surface area contributed by atoms with E-state index in [1.54, 1.807) is 23.0 Å². The molecule has 0 aromatic carbocycles. The highest BCUT2D eigenvalue weighted by Crippen LogP contribution is 2.00. The van der Waals surface area contributed by atoms with Crippen LogP contribution in [0.2, 0.25) is 0 Å². The van der Waals surface area contributed by atoms with E-state index < -0.39 is 0 Å². The minimum atomic E-state index is 0.521. The van der Waals surface area contributed by atoms with Crippen molar-refractivity contribution in [3.8, 4) is 0 Å². The van der Waals surface area contributed by atoms with Crippen LogP contribution >= 0.6 is 0 Å². The second kappa shape index (κ2) is 2.16. The van der Waals surface area contributed by atoms with E-state index in [0.717, 1.165) is 11.9 Å². The number of carbonyl (C=O) groups is 1. The molecule has 0 aliphatic carbocycles. The van der Waals surface area contributed by atoms with Crippen LogP contribution < -0.4 is 0 Å². The van der Waals surface area contributed by atoms with E-state index in [0.29, 0.717) is 5.69 Å². The van der Waals surface area contributed by atoms with Crippen molar-refractivity contribution in [1.82, 2.24) is 14.4 Å². The molecule has 0 saturated heterocycles. The third-order valence-electron chi connectivity index (χ3n) is 1.47. The van der Waals surface area contributed by atoms with Gasteiger partial charge in [-0.1, -0.05) is 0 Å². The first-order valence-corrected chi connectivity index (χ1v) is 3.14. The number of imidazole rings is 1. The Morgan fingerprint density at radius 1 is 1.55 bits per heavy atom. The van der Waals surface area contributed by atoms with Gasteiger partial charge in [0.25, 0.3) is 0 Å². The van der Waals surface area contributed by atoms with Crippen molar-refractivity contribution in [3.63, 3.8) is 0 Å². The molecular weight excluding hydrogens is 142 g/mol. The fraction of sp³-hybridized carbons (Fsp3) is 0. The summed E-state index contributed by atoms with van der Waals surface area (Å²) in [4.78, 5) is 18.2. The van der Waals surface area contributed by atoms with Gasteiger partial charge < -0.3 is 0 Å². The van der Waals surface area contributed by atoms with Crippen molar-refractivity contribution in [3.05, 3.63) is 30.5 Å². The van der Waals surface area contributed by atoms with Gasteiger partial charge in [-0.05, 0) is 6.07 Å². The van der Waals surface area contributed by atoms with Gasteiger partial charge >= 0.3 is 0 Å². The predicted molar refractivity (Wildman–Crippen MR) is 38.4 cm³/mol. The average molecular weight is 147 g/mol. The molecule has 2 heterocycles. The number of aldehydes is 1. The topological polar surface area (TPSA) is 47.3 Å². The lowest BCUT2D eigenvalue weighted by Crippen LogP contribution is -1.90. The zero-order chi connectivity index (χ0) is 7.68. The molecule has 0 saturated carbocycles. The molecule has 0 radical (unpaired) electrons. The number of hydrogen-bond donors (Lipinski definition) is 0. The predicted octanol–water partition coefficient (Wildman–Crippen LogP) is 0.542. The second-order valence-electron chi connectivity index (χ2n) is 2.11. The molecule has 0 fully saturated rings. The summed E-state index contributed by atoms with van der Waals surface area (Å²) in [6.07, 6.45) is 5.47. The SMILES string of the molecule is O=Cc1cnc2ccncn12. The zero-order valence-corrected chi connectivity index (χ0v) is 5.64. The molecule has 2 aromatic heterocycles. The summed E-state index contributed by atoms with van der Waals surface area (Å²) in [6.45, 7) is 0. The molecule has 4 heteroatoms. The number of rotatable bonds is 1. The summed E-state index contributed by atoms with van der Waals surface area (Å²) in [5.41, 5.74) is 1.26. The first-order chi connectivity index (χ1) is 5.42. The molecule has 0 atom stereocenters. The molecule has 4 nitrogen and oxygen atoms in total. The van der Waals surface area contributed by atoms with Gasteiger partial charge in [0.05, 0.1) is 6.20 Å². The van der Waals surface area contributed by atoms with E-state index in [1.807, 2.05) is 0 Å². The molecule has 0 aliphatic heterocycles. The fourth-order valence-electron chi connectivity index (χ4n) is 0.940. The van der Waals surface area contributed by atoms with Crippen LogP contribution in [0.5, 0.6) is 0 Å². The molecule has 0 N–H and O–H groups in total. The van der Waals surface area contributed by atoms with Gasteiger partial charge in [-0.15, -0.1) is 0 Å². The van der Waals surface area contributed by atoms with Gasteiger partial charge in [0.2, 0.25) is 0 Å². The van der Waals surface area contributed by atoms with Crippen LogP contribution in [0.25, 0.3) is 5.65 Å². The minimum absolute atomic E-state index is 0.521. The molecule has 0 amide bonds. The maximum atomic E-state index is 10.4. The van der Waals surface area contributed by atoms with Crippen molar-refractivity contribution >= 4 is 11.9 Å². The van der Waals surface area contributed by atoms with Gasteiger partial charge in [-0.2, -0.15) is 0 Å². The van der Waals surface area contributed by atoms with E-state index in [-0.39, 0.29) is 0 Å². The van der Waals surface area contributed by atoms with Gasteiger partial charge in [-0.3, -0.25) is 9.20 Å². The Balaban J connectivity index is 2.86. The summed E-state index contributed by atoms with van der Waals surface area (Å²) >= 11 is 0. The lowest BCUT2D eigenvalue weighted by Gasteiger charge is -1.90. The van der Waals surface area contributed by atoms with Crippen molar-refractivity contribution in [2.45, 2.75) is 0 Å². The standard InChI is InChI=1S/C7H5N3O/c11-4-6-3-9-7-1-2-8-5-10(6)7/h1-5H. The average Bonchev–Trinajstić information content (AvgIpc) is 2.47. The van der Waals surface area contributed by atoms with Crippen molar-refractivity contribution in [2.24, 2.45) is 0 Å². The fourth-order valence-corrected chi connectivity index (χ4v) is 0.940. The Morgan fingerprint density at radius 2 is 2.45 bits per heavy atom. The van der Waals surface area contributed by atoms with Gasteiger partial charge in [-0.25, -0.2) is 9.97 Å². The van der Waals surface area contributed by atoms with E-state index in [2.05, 4.69) is 9.97 Å². The summed E-state index contributed by atoms with van der Waals surface area (Å²) in [7, 11) is 0. The van der Waals surface area contributed by atoms with Crippen LogP contribution in [0.3, 0.4) is 0 Å². The number of aromatic nitrogens is 3. The Bertz CT molecular complexity index is 393. The molecule has 0 spiro atoms. The first-order valence-electron chi connectivity index (χ1n) is 3.14. The lowest BCUT2D eigenvalue weighted by atomic mass is 10.5. The number of fused-ring (bicyclic) bond motifs is 1. The van der Waals surface area contributed by atoms with E-state index >= 15 is 0 Å². The molecule has 0 unspecified atom stereocenters. The third-order valence-corrected chi connectivity index (χ3v) is 1.47. The highest BCUT2D eigenvalue weighted by molar-refractivity contribution is 5.73. The monoisotopic (exact) mass is 147 g/mol. The summed E-state index contributed by atoms with van der Waals surface area (Å²) in [5.74, 6) is 0. The maximum Gasteiger partial charge on any atom is 0.168 e. The van der Waals surface area contributed by atoms with E-state index in [1.165, 1.54) is 6.20 Å². The minimum Gasteiger partial charge on any atom is -0.296 e. The highest BCUT2D eigenvalue weighted by atomic mass is 16.1. The maximum absolute atomic E-state index is 10.4. The number of nitrogens with zero attached hydrogens (tertiary/aromatic N) is 3. The summed E-state index contributed by atoms with van der Waals surface area (Å²) in [6, 6.07) is 1.74. The molecule has 0 aliphatic rings. The van der Waals surface area contributed by atoms with E-state index in [9.17, 15) is 4.79 Å². The lowest BCUT2D eigenvalue weighted by molar-refractivity contribution is 0.111. The van der Waals surface area contributed by atoms with Crippen molar-refractivity contribution < 1.29 is 4.79 Å². The van der Waals surface area contributed by atoms with Crippen LogP contribution in [-0.2, 0) is 0 Å². The van der Waals surface area contributed by atoms with Crippen molar-refractivity contribution in [1.29, 1.82) is 0 Å². The number of carbonyl (C=O) groups excluding carboxylic acids is 1. The third kappa shape index (κ3) is 0.797. The molecule has 0 bridgehead atoms. The molecular formula is C7H5N3O. The van der Waals surface area contributed by atoms with Crippen LogP contribution in [0, 0.1) is 0 Å². The normalized spacial score (nSPS) is 10.2. The van der Waals surface area contributed by atoms with Gasteiger partial charge in [0.1, 0.15) is 17.7 Å². The Kier molecular flexibility index (Phi) is 1.18. The quantitative estimate of drug-likeness (QED) is 0.553. The van der Waals surface area contributed by atoms with Gasteiger partial charge in [0, 0.05) is 6.20 Å². The van der Waals surface area contributed by atoms with Crippen LogP contribution in [0.4, 0.5) is 0 Å². The summed E-state index contributed by atoms with van der Waals surface area (Å²) in [5, 5.41) is 0. The molecule has 11 heavy (non-hydrogen) atoms. The van der Waals surface area contributed by atoms with Crippen LogP contribution in [0.1, 0.15) is 10.5 Å². The Morgan fingerprint density at radius 3 is 3.27 bits per heavy atom. The van der Waals surface area contributed by atoms with Crippen LogP contribution in [-0.4, -0.2) is 20.7 Å². The van der Waals surface area contributed by atoms with E-state index in [4.69, 9.17) is 0 Å². The number of hydrogen-bond acceptors (Lipinski definition) is 3. The highest BCUT2D eigenvalue weighted by Gasteiger charge is 1.98. The van der Waals surface area contributed by atoms with Crippen molar-refractivity contribution in [2.75, 3.05) is 0 Å². The first kappa shape index (κ1) is 6.03. The van der Waals surface area contributed by atoms with Gasteiger partial charge in [0.15, 0.2) is 6.29 Å². The Hall–Kier alpha value is -1.71. The molecule has 2 rings (SSSR count). The largest absolute Gasteiger partial charge is 0.296 e. The smallest absolute Gasteiger partial charge is 0.168 e. The molecule has 54 valence electrons.